The number of carboxylic acid groups (broad SMARTS) is 1. The van der Waals surface area contributed by atoms with Gasteiger partial charge in [0.2, 0.25) is 0 Å². The Bertz CT molecular complexity index is 147. The monoisotopic (exact) mass is 194 g/mol. The van der Waals surface area contributed by atoms with Gasteiger partial charge in [-0.2, -0.15) is 0 Å². The quantitative estimate of drug-likeness (QED) is 0.636. The van der Waals surface area contributed by atoms with Gasteiger partial charge in [0.1, 0.15) is 0 Å². The Morgan fingerprint density at radius 3 is 2.46 bits per heavy atom. The number of carbonyl (C=O) groups is 1. The van der Waals surface area contributed by atoms with Crippen molar-refractivity contribution in [1.29, 1.82) is 0 Å². The van der Waals surface area contributed by atoms with Gasteiger partial charge in [-0.3, -0.25) is 4.79 Å². The van der Waals surface area contributed by atoms with E-state index in [4.69, 9.17) is 5.11 Å². The molecule has 0 heterocycles. The fourth-order valence-electron chi connectivity index (χ4n) is 2.02. The zero-order valence-electron chi connectivity index (χ0n) is 9.59. The van der Waals surface area contributed by atoms with Crippen LogP contribution < -0.4 is 29.6 Å². The second-order valence-corrected chi connectivity index (χ2v) is 3.79. The molecule has 0 aromatic carbocycles. The van der Waals surface area contributed by atoms with Crippen molar-refractivity contribution in [3.05, 3.63) is 0 Å². The Hall–Kier alpha value is 0.470. The minimum atomic E-state index is -0.647. The largest absolute Gasteiger partial charge is 1.00 e. The van der Waals surface area contributed by atoms with Gasteiger partial charge < -0.3 is 6.53 Å². The molecule has 1 saturated carbocycles. The van der Waals surface area contributed by atoms with E-state index in [1.54, 1.807) is 0 Å². The van der Waals surface area contributed by atoms with Crippen LogP contribution in [0, 0.1) is 5.92 Å². The summed E-state index contributed by atoms with van der Waals surface area (Å²) in [6, 6.07) is 0. The first-order valence-corrected chi connectivity index (χ1v) is 5.01. The molecule has 0 aromatic heterocycles. The predicted octanol–water partition coefficient (Wildman–Crippen LogP) is -0.0619. The standard InChI is InChI=1S/C10H18O2.Na.H/c11-10(12)8-4-7-9-5-2-1-3-6-9;;/h9H,1-8H2,(H,11,12);;/q;+1;-1. The molecular formula is C10H19NaO2. The smallest absolute Gasteiger partial charge is 1.00 e. The van der Waals surface area contributed by atoms with Crippen LogP contribution in [0.2, 0.25) is 0 Å². The fraction of sp³-hybridized carbons (Fsp3) is 0.900. The van der Waals surface area contributed by atoms with Crippen molar-refractivity contribution in [2.75, 3.05) is 0 Å². The molecule has 2 nitrogen and oxygen atoms in total. The first-order valence-electron chi connectivity index (χ1n) is 5.01. The average molecular weight is 194 g/mol. The molecule has 0 atom stereocenters. The summed E-state index contributed by atoms with van der Waals surface area (Å²) in [6.45, 7) is 0. The maximum absolute atomic E-state index is 10.2. The Labute approximate surface area is 104 Å². The van der Waals surface area contributed by atoms with E-state index in [2.05, 4.69) is 0 Å². The molecule has 0 aliphatic heterocycles. The molecule has 0 aromatic rings. The summed E-state index contributed by atoms with van der Waals surface area (Å²) in [5.74, 6) is 0.184. The van der Waals surface area contributed by atoms with Crippen LogP contribution in [0.1, 0.15) is 52.8 Å². The molecule has 0 saturated heterocycles. The third-order valence-electron chi connectivity index (χ3n) is 2.73. The van der Waals surface area contributed by atoms with E-state index in [-0.39, 0.29) is 31.0 Å². The summed E-state index contributed by atoms with van der Waals surface area (Å²) in [6.07, 6.45) is 9.13. The van der Waals surface area contributed by atoms with Crippen LogP contribution in [0.3, 0.4) is 0 Å². The van der Waals surface area contributed by atoms with Crippen LogP contribution in [0.15, 0.2) is 0 Å². The molecule has 0 amide bonds. The van der Waals surface area contributed by atoms with E-state index in [9.17, 15) is 4.79 Å². The normalized spacial score (nSPS) is 17.8. The van der Waals surface area contributed by atoms with Crippen molar-refractivity contribution in [2.24, 2.45) is 5.92 Å². The van der Waals surface area contributed by atoms with Gasteiger partial charge in [-0.05, 0) is 18.8 Å². The van der Waals surface area contributed by atoms with Crippen LogP contribution in [-0.4, -0.2) is 11.1 Å². The maximum atomic E-state index is 10.2. The summed E-state index contributed by atoms with van der Waals surface area (Å²) in [5, 5.41) is 8.44. The van der Waals surface area contributed by atoms with Crippen molar-refractivity contribution in [1.82, 2.24) is 0 Å². The van der Waals surface area contributed by atoms with Gasteiger partial charge in [0.25, 0.3) is 0 Å². The molecule has 72 valence electrons. The maximum Gasteiger partial charge on any atom is 1.00 e. The summed E-state index contributed by atoms with van der Waals surface area (Å²) in [5.41, 5.74) is 0. The molecular weight excluding hydrogens is 175 g/mol. The van der Waals surface area contributed by atoms with E-state index in [1.165, 1.54) is 32.1 Å². The zero-order valence-corrected chi connectivity index (χ0v) is 10.6. The molecule has 0 bridgehead atoms. The molecule has 1 fully saturated rings. The second kappa shape index (κ2) is 7.84. The SMILES string of the molecule is O=C(O)CCCC1CCCCC1.[H-].[Na+]. The molecule has 13 heavy (non-hydrogen) atoms. The third-order valence-corrected chi connectivity index (χ3v) is 2.73. The first-order chi connectivity index (χ1) is 5.79. The Balaban J connectivity index is 0. The van der Waals surface area contributed by atoms with Gasteiger partial charge >= 0.3 is 35.5 Å². The molecule has 1 rings (SSSR count). The van der Waals surface area contributed by atoms with Crippen LogP contribution in [0.4, 0.5) is 0 Å². The topological polar surface area (TPSA) is 37.3 Å². The van der Waals surface area contributed by atoms with E-state index in [0.29, 0.717) is 6.42 Å². The van der Waals surface area contributed by atoms with Gasteiger partial charge in [-0.15, -0.1) is 0 Å². The van der Waals surface area contributed by atoms with Crippen molar-refractivity contribution in [2.45, 2.75) is 51.4 Å². The minimum Gasteiger partial charge on any atom is -1.00 e. The van der Waals surface area contributed by atoms with Crippen molar-refractivity contribution in [3.8, 4) is 0 Å². The van der Waals surface area contributed by atoms with E-state index in [1.807, 2.05) is 0 Å². The third kappa shape index (κ3) is 6.53. The van der Waals surface area contributed by atoms with Gasteiger partial charge in [0, 0.05) is 6.42 Å². The van der Waals surface area contributed by atoms with Crippen LogP contribution in [0.25, 0.3) is 0 Å². The zero-order chi connectivity index (χ0) is 8.81. The van der Waals surface area contributed by atoms with Gasteiger partial charge in [0.15, 0.2) is 0 Å². The van der Waals surface area contributed by atoms with Gasteiger partial charge in [-0.1, -0.05) is 32.1 Å². The first kappa shape index (κ1) is 13.5. The molecule has 0 radical (unpaired) electrons. The predicted molar refractivity (Wildman–Crippen MR) is 49.2 cm³/mol. The van der Waals surface area contributed by atoms with Crippen LogP contribution in [0.5, 0.6) is 0 Å². The van der Waals surface area contributed by atoms with Crippen molar-refractivity contribution >= 4 is 5.97 Å². The van der Waals surface area contributed by atoms with Crippen molar-refractivity contribution in [3.63, 3.8) is 0 Å². The number of rotatable bonds is 4. The minimum absolute atomic E-state index is 0. The average Bonchev–Trinajstić information content (AvgIpc) is 2.05. The summed E-state index contributed by atoms with van der Waals surface area (Å²) < 4.78 is 0. The van der Waals surface area contributed by atoms with Gasteiger partial charge in [0.05, 0.1) is 0 Å². The Kier molecular flexibility index (Phi) is 8.12. The number of hydrogen-bond acceptors (Lipinski definition) is 1. The van der Waals surface area contributed by atoms with E-state index >= 15 is 0 Å². The number of aliphatic carboxylic acids is 1. The second-order valence-electron chi connectivity index (χ2n) is 3.79. The van der Waals surface area contributed by atoms with Crippen LogP contribution in [-0.2, 0) is 4.79 Å². The molecule has 3 heteroatoms. The fourth-order valence-corrected chi connectivity index (χ4v) is 2.02. The summed E-state index contributed by atoms with van der Waals surface area (Å²) in [7, 11) is 0. The number of hydrogen-bond donors (Lipinski definition) is 1. The molecule has 0 spiro atoms. The Morgan fingerprint density at radius 1 is 1.31 bits per heavy atom. The van der Waals surface area contributed by atoms with Gasteiger partial charge in [-0.25, -0.2) is 0 Å². The summed E-state index contributed by atoms with van der Waals surface area (Å²) >= 11 is 0. The molecule has 1 aliphatic rings. The number of carboxylic acids is 1. The van der Waals surface area contributed by atoms with E-state index < -0.39 is 5.97 Å². The molecule has 0 unspecified atom stereocenters. The molecule has 1 N–H and O–H groups in total. The van der Waals surface area contributed by atoms with E-state index in [0.717, 1.165) is 18.8 Å². The summed E-state index contributed by atoms with van der Waals surface area (Å²) in [4.78, 5) is 10.2. The van der Waals surface area contributed by atoms with Crippen LogP contribution >= 0.6 is 0 Å². The molecule has 1 aliphatic carbocycles. The van der Waals surface area contributed by atoms with Crippen molar-refractivity contribution < 1.29 is 40.9 Å². The Morgan fingerprint density at radius 2 is 1.92 bits per heavy atom.